The molecular formula is C10H16O. The van der Waals surface area contributed by atoms with Crippen LogP contribution in [0.4, 0.5) is 0 Å². The second kappa shape index (κ2) is 3.21. The number of carbonyl (C=O) groups is 1. The number of hydrogen-bond acceptors (Lipinski definition) is 1. The topological polar surface area (TPSA) is 17.1 Å². The fourth-order valence-corrected chi connectivity index (χ4v) is 1.76. The SMILES string of the molecule is CC(C)C1CC=CC(=O)C1C. The Bertz CT molecular complexity index is 179. The van der Waals surface area contributed by atoms with E-state index in [0.29, 0.717) is 17.6 Å². The highest BCUT2D eigenvalue weighted by Crippen LogP contribution is 2.28. The molecule has 0 aromatic rings. The zero-order valence-corrected chi connectivity index (χ0v) is 7.50. The van der Waals surface area contributed by atoms with Gasteiger partial charge < -0.3 is 0 Å². The zero-order chi connectivity index (χ0) is 8.43. The van der Waals surface area contributed by atoms with Crippen molar-refractivity contribution in [3.8, 4) is 0 Å². The van der Waals surface area contributed by atoms with Crippen molar-refractivity contribution < 1.29 is 4.79 Å². The van der Waals surface area contributed by atoms with Gasteiger partial charge in [0.2, 0.25) is 0 Å². The molecule has 11 heavy (non-hydrogen) atoms. The molecular weight excluding hydrogens is 136 g/mol. The normalized spacial score (nSPS) is 31.5. The first-order chi connectivity index (χ1) is 5.13. The van der Waals surface area contributed by atoms with E-state index >= 15 is 0 Å². The van der Waals surface area contributed by atoms with Gasteiger partial charge in [-0.25, -0.2) is 0 Å². The molecule has 0 spiro atoms. The van der Waals surface area contributed by atoms with Crippen molar-refractivity contribution >= 4 is 5.78 Å². The Morgan fingerprint density at radius 2 is 2.18 bits per heavy atom. The molecule has 1 rings (SSSR count). The lowest BCUT2D eigenvalue weighted by atomic mass is 9.77. The minimum absolute atomic E-state index is 0.236. The van der Waals surface area contributed by atoms with E-state index in [-0.39, 0.29) is 5.92 Å². The zero-order valence-electron chi connectivity index (χ0n) is 7.50. The Morgan fingerprint density at radius 3 is 2.64 bits per heavy atom. The molecule has 2 atom stereocenters. The summed E-state index contributed by atoms with van der Waals surface area (Å²) in [6, 6.07) is 0. The van der Waals surface area contributed by atoms with Crippen LogP contribution in [0.25, 0.3) is 0 Å². The molecule has 0 saturated carbocycles. The summed E-state index contributed by atoms with van der Waals surface area (Å²) < 4.78 is 0. The van der Waals surface area contributed by atoms with Gasteiger partial charge in [0, 0.05) is 5.92 Å². The lowest BCUT2D eigenvalue weighted by Crippen LogP contribution is -2.26. The van der Waals surface area contributed by atoms with Crippen LogP contribution in [0.5, 0.6) is 0 Å². The molecule has 0 fully saturated rings. The maximum Gasteiger partial charge on any atom is 0.158 e. The molecule has 0 saturated heterocycles. The summed E-state index contributed by atoms with van der Waals surface area (Å²) in [5.74, 6) is 1.72. The van der Waals surface area contributed by atoms with E-state index in [1.165, 1.54) is 0 Å². The molecule has 0 aromatic heterocycles. The van der Waals surface area contributed by atoms with E-state index in [1.807, 2.05) is 13.0 Å². The predicted octanol–water partition coefficient (Wildman–Crippen LogP) is 2.42. The third kappa shape index (κ3) is 1.70. The molecule has 1 nitrogen and oxygen atoms in total. The van der Waals surface area contributed by atoms with E-state index in [4.69, 9.17) is 0 Å². The van der Waals surface area contributed by atoms with Gasteiger partial charge in [-0.05, 0) is 24.3 Å². The van der Waals surface area contributed by atoms with Gasteiger partial charge in [-0.3, -0.25) is 4.79 Å². The molecule has 0 radical (unpaired) electrons. The molecule has 0 amide bonds. The number of rotatable bonds is 1. The molecule has 1 aliphatic carbocycles. The summed E-state index contributed by atoms with van der Waals surface area (Å²) in [5, 5.41) is 0. The van der Waals surface area contributed by atoms with Gasteiger partial charge in [0.25, 0.3) is 0 Å². The first-order valence-electron chi connectivity index (χ1n) is 4.33. The van der Waals surface area contributed by atoms with E-state index in [9.17, 15) is 4.79 Å². The summed E-state index contributed by atoms with van der Waals surface area (Å²) in [6.45, 7) is 6.41. The van der Waals surface area contributed by atoms with Gasteiger partial charge in [0.1, 0.15) is 0 Å². The number of carbonyl (C=O) groups excluding carboxylic acids is 1. The number of allylic oxidation sites excluding steroid dienone is 2. The van der Waals surface area contributed by atoms with Gasteiger partial charge in [-0.1, -0.05) is 26.8 Å². The van der Waals surface area contributed by atoms with E-state index < -0.39 is 0 Å². The van der Waals surface area contributed by atoms with Crippen molar-refractivity contribution in [1.82, 2.24) is 0 Å². The molecule has 0 aliphatic heterocycles. The standard InChI is InChI=1S/C10H16O/c1-7(2)9-5-4-6-10(11)8(9)3/h4,6-9H,5H2,1-3H3. The average molecular weight is 152 g/mol. The fraction of sp³-hybridized carbons (Fsp3) is 0.700. The van der Waals surface area contributed by atoms with Crippen molar-refractivity contribution in [2.24, 2.45) is 17.8 Å². The van der Waals surface area contributed by atoms with Gasteiger partial charge in [-0.2, -0.15) is 0 Å². The monoisotopic (exact) mass is 152 g/mol. The van der Waals surface area contributed by atoms with Crippen LogP contribution in [-0.4, -0.2) is 5.78 Å². The molecule has 1 heteroatoms. The summed E-state index contributed by atoms with van der Waals surface area (Å²) in [6.07, 6.45) is 4.81. The Labute approximate surface area is 68.5 Å². The quantitative estimate of drug-likeness (QED) is 0.564. The van der Waals surface area contributed by atoms with Crippen LogP contribution in [0, 0.1) is 17.8 Å². The summed E-state index contributed by atoms with van der Waals surface area (Å²) in [4.78, 5) is 11.2. The Balaban J connectivity index is 2.70. The lowest BCUT2D eigenvalue weighted by molar-refractivity contribution is -0.120. The van der Waals surface area contributed by atoms with Crippen LogP contribution in [0.15, 0.2) is 12.2 Å². The second-order valence-corrected chi connectivity index (χ2v) is 3.74. The molecule has 1 aliphatic rings. The van der Waals surface area contributed by atoms with Crippen LogP contribution in [0.3, 0.4) is 0 Å². The van der Waals surface area contributed by atoms with Crippen LogP contribution in [0.2, 0.25) is 0 Å². The van der Waals surface area contributed by atoms with E-state index in [0.717, 1.165) is 6.42 Å². The second-order valence-electron chi connectivity index (χ2n) is 3.74. The number of ketones is 1. The third-order valence-corrected chi connectivity index (χ3v) is 2.64. The summed E-state index contributed by atoms with van der Waals surface area (Å²) in [5.41, 5.74) is 0. The van der Waals surface area contributed by atoms with Crippen LogP contribution in [0.1, 0.15) is 27.2 Å². The first kappa shape index (κ1) is 8.51. The molecule has 0 heterocycles. The molecule has 0 aromatic carbocycles. The number of hydrogen-bond donors (Lipinski definition) is 0. The van der Waals surface area contributed by atoms with Crippen molar-refractivity contribution in [2.45, 2.75) is 27.2 Å². The maximum atomic E-state index is 11.2. The van der Waals surface area contributed by atoms with Gasteiger partial charge in [-0.15, -0.1) is 0 Å². The van der Waals surface area contributed by atoms with Crippen molar-refractivity contribution in [2.75, 3.05) is 0 Å². The van der Waals surface area contributed by atoms with Crippen molar-refractivity contribution in [3.63, 3.8) is 0 Å². The largest absolute Gasteiger partial charge is 0.295 e. The minimum Gasteiger partial charge on any atom is -0.295 e. The molecule has 0 N–H and O–H groups in total. The lowest BCUT2D eigenvalue weighted by Gasteiger charge is -2.27. The Kier molecular flexibility index (Phi) is 2.48. The van der Waals surface area contributed by atoms with E-state index in [2.05, 4.69) is 13.8 Å². The molecule has 0 bridgehead atoms. The summed E-state index contributed by atoms with van der Waals surface area (Å²) >= 11 is 0. The van der Waals surface area contributed by atoms with Crippen molar-refractivity contribution in [3.05, 3.63) is 12.2 Å². The Hall–Kier alpha value is -0.590. The third-order valence-electron chi connectivity index (χ3n) is 2.64. The fourth-order valence-electron chi connectivity index (χ4n) is 1.76. The highest BCUT2D eigenvalue weighted by atomic mass is 16.1. The predicted molar refractivity (Wildman–Crippen MR) is 46.3 cm³/mol. The average Bonchev–Trinajstić information content (AvgIpc) is 1.94. The smallest absolute Gasteiger partial charge is 0.158 e. The van der Waals surface area contributed by atoms with Crippen molar-refractivity contribution in [1.29, 1.82) is 0 Å². The van der Waals surface area contributed by atoms with Crippen LogP contribution in [-0.2, 0) is 4.79 Å². The highest BCUT2D eigenvalue weighted by molar-refractivity contribution is 5.92. The van der Waals surface area contributed by atoms with Crippen LogP contribution < -0.4 is 0 Å². The minimum atomic E-state index is 0.236. The maximum absolute atomic E-state index is 11.2. The van der Waals surface area contributed by atoms with Gasteiger partial charge in [0.15, 0.2) is 5.78 Å². The summed E-state index contributed by atoms with van der Waals surface area (Å²) in [7, 11) is 0. The first-order valence-corrected chi connectivity index (χ1v) is 4.33. The van der Waals surface area contributed by atoms with E-state index in [1.54, 1.807) is 6.08 Å². The molecule has 62 valence electrons. The van der Waals surface area contributed by atoms with Gasteiger partial charge >= 0.3 is 0 Å². The van der Waals surface area contributed by atoms with Gasteiger partial charge in [0.05, 0.1) is 0 Å². The van der Waals surface area contributed by atoms with Crippen LogP contribution >= 0.6 is 0 Å². The molecule has 2 unspecified atom stereocenters. The highest BCUT2D eigenvalue weighted by Gasteiger charge is 2.26. The Morgan fingerprint density at radius 1 is 1.55 bits per heavy atom.